The van der Waals surface area contributed by atoms with E-state index in [9.17, 15) is 0 Å². The zero-order chi connectivity index (χ0) is 10.8. The van der Waals surface area contributed by atoms with Crippen molar-refractivity contribution in [3.8, 4) is 0 Å². The van der Waals surface area contributed by atoms with Crippen molar-refractivity contribution in [1.82, 2.24) is 0 Å². The molecule has 98 valence electrons. The molecular formula is C16H13Cl2Hf-3. The van der Waals surface area contributed by atoms with Crippen LogP contribution in [0.4, 0.5) is 0 Å². The molecular weight excluding hydrogens is 442 g/mol. The average Bonchev–Trinajstić information content (AvgIpc) is 2.72. The van der Waals surface area contributed by atoms with Crippen LogP contribution in [0.1, 0.15) is 11.1 Å². The summed E-state index contributed by atoms with van der Waals surface area (Å²) in [5.41, 5.74) is 2.77. The first-order valence-electron chi connectivity index (χ1n) is 5.60. The minimum absolute atomic E-state index is 0. The Kier molecular flexibility index (Phi) is 8.40. The summed E-state index contributed by atoms with van der Waals surface area (Å²) in [4.78, 5) is 0. The molecule has 0 spiro atoms. The Balaban J connectivity index is 0.00000108. The van der Waals surface area contributed by atoms with Crippen LogP contribution in [0.5, 0.6) is 0 Å². The minimum Gasteiger partial charge on any atom is -1.00 e. The third kappa shape index (κ3) is 4.52. The topological polar surface area (TPSA) is 0 Å². The first-order chi connectivity index (χ1) is 7.92. The first-order valence-corrected chi connectivity index (χ1v) is 5.60. The molecule has 0 aromatic heterocycles. The molecule has 0 amide bonds. The van der Waals surface area contributed by atoms with Gasteiger partial charge in [0.2, 0.25) is 0 Å². The number of fused-ring (bicyclic) bond motifs is 1. The molecule has 19 heavy (non-hydrogen) atoms. The molecule has 0 heterocycles. The number of halogens is 2. The van der Waals surface area contributed by atoms with Gasteiger partial charge in [-0.15, -0.1) is 40.6 Å². The van der Waals surface area contributed by atoms with Gasteiger partial charge in [0.05, 0.1) is 0 Å². The molecule has 0 aliphatic heterocycles. The van der Waals surface area contributed by atoms with Crippen LogP contribution >= 0.6 is 0 Å². The van der Waals surface area contributed by atoms with E-state index in [1.54, 1.807) is 0 Å². The van der Waals surface area contributed by atoms with Crippen LogP contribution in [-0.4, -0.2) is 0 Å². The summed E-state index contributed by atoms with van der Waals surface area (Å²) in [6.45, 7) is 0. The molecule has 0 N–H and O–H groups in total. The van der Waals surface area contributed by atoms with Crippen LogP contribution in [0.15, 0.2) is 66.7 Å². The summed E-state index contributed by atoms with van der Waals surface area (Å²) in [5.74, 6) is 0. The molecule has 0 nitrogen and oxygen atoms in total. The van der Waals surface area contributed by atoms with E-state index in [4.69, 9.17) is 0 Å². The Bertz CT molecular complexity index is 569. The molecule has 0 saturated heterocycles. The van der Waals surface area contributed by atoms with Gasteiger partial charge in [-0.05, 0) is 12.0 Å². The maximum atomic E-state index is 2.28. The fourth-order valence-corrected chi connectivity index (χ4v) is 2.15. The number of rotatable bonds is 2. The molecule has 0 bridgehead atoms. The van der Waals surface area contributed by atoms with Gasteiger partial charge in [0.25, 0.3) is 0 Å². The predicted octanol–water partition coefficient (Wildman–Crippen LogP) is -1.84. The fraction of sp³-hybridized carbons (Fsp3) is 0.0625. The second-order valence-electron chi connectivity index (χ2n) is 4.15. The Morgan fingerprint density at radius 1 is 0.789 bits per heavy atom. The van der Waals surface area contributed by atoms with Gasteiger partial charge >= 0.3 is 0 Å². The number of benzene rings is 2. The fourth-order valence-electron chi connectivity index (χ4n) is 2.15. The van der Waals surface area contributed by atoms with E-state index in [0.717, 1.165) is 6.42 Å². The molecule has 0 atom stereocenters. The largest absolute Gasteiger partial charge is 1.00 e. The van der Waals surface area contributed by atoms with E-state index < -0.39 is 0 Å². The zero-order valence-corrected chi connectivity index (χ0v) is 15.4. The van der Waals surface area contributed by atoms with E-state index in [1.165, 1.54) is 21.9 Å². The SMILES string of the molecule is [Cl-].[Cl-].[Hf].c1ccc(Cc2cc3ccccc3[cH-]2)cc1. The predicted molar refractivity (Wildman–Crippen MR) is 68.8 cm³/mol. The molecule has 0 aliphatic carbocycles. The Morgan fingerprint density at radius 3 is 2.11 bits per heavy atom. The molecule has 0 fully saturated rings. The van der Waals surface area contributed by atoms with Crippen molar-refractivity contribution in [3.05, 3.63) is 77.9 Å². The van der Waals surface area contributed by atoms with Crippen molar-refractivity contribution in [1.29, 1.82) is 0 Å². The van der Waals surface area contributed by atoms with Gasteiger partial charge in [-0.1, -0.05) is 36.4 Å². The zero-order valence-electron chi connectivity index (χ0n) is 10.3. The molecule has 3 rings (SSSR count). The van der Waals surface area contributed by atoms with Gasteiger partial charge in [-0.2, -0.15) is 6.07 Å². The van der Waals surface area contributed by atoms with E-state index in [2.05, 4.69) is 66.7 Å². The van der Waals surface area contributed by atoms with Gasteiger partial charge in [0, 0.05) is 25.8 Å². The summed E-state index contributed by atoms with van der Waals surface area (Å²) >= 11 is 0. The smallest absolute Gasteiger partial charge is 0 e. The Hall–Kier alpha value is -0.500. The summed E-state index contributed by atoms with van der Waals surface area (Å²) in [6.07, 6.45) is 1.02. The molecule has 0 radical (unpaired) electrons. The quantitative estimate of drug-likeness (QED) is 0.315. The van der Waals surface area contributed by atoms with Crippen LogP contribution in [0.2, 0.25) is 0 Å². The van der Waals surface area contributed by atoms with E-state index >= 15 is 0 Å². The summed E-state index contributed by atoms with van der Waals surface area (Å²) < 4.78 is 0. The second-order valence-corrected chi connectivity index (χ2v) is 4.15. The van der Waals surface area contributed by atoms with Crippen LogP contribution < -0.4 is 24.8 Å². The Labute approximate surface area is 145 Å². The molecule has 3 aromatic carbocycles. The van der Waals surface area contributed by atoms with Crippen LogP contribution in [0.3, 0.4) is 0 Å². The van der Waals surface area contributed by atoms with Gasteiger partial charge in [-0.25, -0.2) is 0 Å². The number of hydrogen-bond acceptors (Lipinski definition) is 0. The van der Waals surface area contributed by atoms with E-state index in [0.29, 0.717) is 0 Å². The van der Waals surface area contributed by atoms with Gasteiger partial charge in [0.1, 0.15) is 0 Å². The summed E-state index contributed by atoms with van der Waals surface area (Å²) in [6, 6.07) is 23.7. The maximum Gasteiger partial charge on any atom is 0 e. The van der Waals surface area contributed by atoms with Crippen LogP contribution in [0.25, 0.3) is 10.8 Å². The normalized spacial score (nSPS) is 9.05. The van der Waals surface area contributed by atoms with Gasteiger partial charge in [-0.3, -0.25) is 0 Å². The second kappa shape index (κ2) is 8.63. The standard InChI is InChI=1S/C16H13.2ClH.Hf/c1-2-6-13(7-3-1)10-14-11-15-8-4-5-9-16(15)12-14;;;/h1-9,11-12H,10H2;2*1H;/q-1;;;/p-2. The molecule has 0 unspecified atom stereocenters. The van der Waals surface area contributed by atoms with Crippen molar-refractivity contribution < 1.29 is 50.7 Å². The average molecular weight is 455 g/mol. The molecule has 0 aliphatic rings. The third-order valence-corrected chi connectivity index (χ3v) is 2.93. The van der Waals surface area contributed by atoms with Crippen LogP contribution in [-0.2, 0) is 32.3 Å². The van der Waals surface area contributed by atoms with Crippen molar-refractivity contribution in [2.24, 2.45) is 0 Å². The summed E-state index contributed by atoms with van der Waals surface area (Å²) in [7, 11) is 0. The van der Waals surface area contributed by atoms with Crippen molar-refractivity contribution >= 4 is 10.8 Å². The first kappa shape index (κ1) is 18.5. The molecule has 3 heteroatoms. The number of hydrogen-bond donors (Lipinski definition) is 0. The maximum absolute atomic E-state index is 2.28. The van der Waals surface area contributed by atoms with Crippen molar-refractivity contribution in [2.75, 3.05) is 0 Å². The summed E-state index contributed by atoms with van der Waals surface area (Å²) in [5, 5.41) is 2.68. The molecule has 0 saturated carbocycles. The van der Waals surface area contributed by atoms with Crippen molar-refractivity contribution in [3.63, 3.8) is 0 Å². The minimum atomic E-state index is 0. The van der Waals surface area contributed by atoms with Crippen molar-refractivity contribution in [2.45, 2.75) is 6.42 Å². The van der Waals surface area contributed by atoms with E-state index in [-0.39, 0.29) is 50.7 Å². The van der Waals surface area contributed by atoms with Gasteiger partial charge < -0.3 is 24.8 Å². The molecule has 3 aromatic rings. The monoisotopic (exact) mass is 455 g/mol. The van der Waals surface area contributed by atoms with E-state index in [1.807, 2.05) is 0 Å². The van der Waals surface area contributed by atoms with Crippen LogP contribution in [0, 0.1) is 0 Å². The van der Waals surface area contributed by atoms with Gasteiger partial charge in [0.15, 0.2) is 0 Å². The third-order valence-electron chi connectivity index (χ3n) is 2.93. The Morgan fingerprint density at radius 2 is 1.42 bits per heavy atom.